The van der Waals surface area contributed by atoms with E-state index in [1.54, 1.807) is 35.6 Å². The molecule has 1 unspecified atom stereocenters. The molecule has 2 aliphatic heterocycles. The molecule has 0 saturated carbocycles. The maximum atomic E-state index is 12.5. The van der Waals surface area contributed by atoms with E-state index < -0.39 is 11.9 Å². The third-order valence-electron chi connectivity index (χ3n) is 7.35. The fourth-order valence-corrected chi connectivity index (χ4v) is 5.13. The van der Waals surface area contributed by atoms with Gasteiger partial charge in [-0.05, 0) is 56.9 Å². The fourth-order valence-electron chi connectivity index (χ4n) is 5.13. The third kappa shape index (κ3) is 8.11. The molecule has 13 heteroatoms. The van der Waals surface area contributed by atoms with Crippen LogP contribution in [0.4, 0.5) is 10.5 Å². The number of benzene rings is 2. The summed E-state index contributed by atoms with van der Waals surface area (Å²) in [5, 5.41) is 15.5. The Morgan fingerprint density at radius 1 is 0.822 bits per heavy atom. The van der Waals surface area contributed by atoms with Crippen molar-refractivity contribution in [3.8, 4) is 0 Å². The number of aromatic nitrogens is 6. The molecule has 0 aliphatic carbocycles. The molecular formula is C32H40N8O5. The molecule has 2 fully saturated rings. The number of ether oxygens (including phenoxy) is 2. The van der Waals surface area contributed by atoms with Crippen LogP contribution in [-0.2, 0) is 22.6 Å². The van der Waals surface area contributed by atoms with Gasteiger partial charge in [0.2, 0.25) is 0 Å². The molecule has 0 N–H and O–H groups in total. The first-order valence-corrected chi connectivity index (χ1v) is 14.7. The number of rotatable bonds is 9. The molecule has 13 nitrogen and oxygen atoms in total. The Kier molecular flexibility index (Phi) is 11.0. The van der Waals surface area contributed by atoms with Gasteiger partial charge >= 0.3 is 18.0 Å². The van der Waals surface area contributed by atoms with Gasteiger partial charge in [0.1, 0.15) is 0 Å². The summed E-state index contributed by atoms with van der Waals surface area (Å²) in [7, 11) is 0. The molecule has 0 radical (unpaired) electrons. The van der Waals surface area contributed by atoms with Gasteiger partial charge in [0.15, 0.2) is 11.4 Å². The van der Waals surface area contributed by atoms with Crippen molar-refractivity contribution in [2.24, 2.45) is 0 Å². The number of hydrogen-bond donors (Lipinski definition) is 0. The van der Waals surface area contributed by atoms with Crippen LogP contribution in [0, 0.1) is 6.92 Å². The van der Waals surface area contributed by atoms with Crippen LogP contribution in [0.3, 0.4) is 0 Å². The van der Waals surface area contributed by atoms with Crippen LogP contribution in [0.1, 0.15) is 71.8 Å². The highest BCUT2D eigenvalue weighted by Gasteiger charge is 2.40. The first kappa shape index (κ1) is 32.8. The Morgan fingerprint density at radius 3 is 1.82 bits per heavy atom. The second-order valence-corrected chi connectivity index (χ2v) is 10.6. The Balaban J connectivity index is 0.000000214. The number of anilines is 1. The van der Waals surface area contributed by atoms with Gasteiger partial charge in [-0.3, -0.25) is 4.90 Å². The number of amides is 2. The Bertz CT molecular complexity index is 1580. The van der Waals surface area contributed by atoms with E-state index in [1.165, 1.54) is 5.56 Å². The predicted octanol–water partition coefficient (Wildman–Crippen LogP) is 4.36. The molecule has 2 aliphatic rings. The van der Waals surface area contributed by atoms with E-state index in [0.717, 1.165) is 42.7 Å². The minimum Gasteiger partial charge on any atom is -0.461 e. The van der Waals surface area contributed by atoms with Crippen LogP contribution in [0.25, 0.3) is 0 Å². The summed E-state index contributed by atoms with van der Waals surface area (Å²) in [5.41, 5.74) is 4.70. The van der Waals surface area contributed by atoms with Gasteiger partial charge in [0, 0.05) is 18.8 Å². The lowest BCUT2D eigenvalue weighted by molar-refractivity contribution is 0.0510. The van der Waals surface area contributed by atoms with Crippen LogP contribution in [0.15, 0.2) is 60.9 Å². The molecule has 2 aromatic heterocycles. The van der Waals surface area contributed by atoms with Crippen LogP contribution < -0.4 is 4.90 Å². The molecule has 2 amide bonds. The fraction of sp³-hybridized carbons (Fsp3) is 0.406. The summed E-state index contributed by atoms with van der Waals surface area (Å²) in [6.07, 6.45) is 5.37. The van der Waals surface area contributed by atoms with E-state index in [9.17, 15) is 14.4 Å². The van der Waals surface area contributed by atoms with Gasteiger partial charge in [-0.15, -0.1) is 10.2 Å². The van der Waals surface area contributed by atoms with Gasteiger partial charge in [0.05, 0.1) is 44.7 Å². The lowest BCUT2D eigenvalue weighted by atomic mass is 10.1. The van der Waals surface area contributed by atoms with Crippen molar-refractivity contribution in [2.75, 3.05) is 31.2 Å². The minimum atomic E-state index is -0.470. The molecule has 6 rings (SSSR count). The highest BCUT2D eigenvalue weighted by molar-refractivity contribution is 5.95. The summed E-state index contributed by atoms with van der Waals surface area (Å²) in [4.78, 5) is 39.3. The lowest BCUT2D eigenvalue weighted by Crippen LogP contribution is -2.31. The van der Waals surface area contributed by atoms with E-state index in [4.69, 9.17) is 9.47 Å². The molecule has 0 spiro atoms. The average Bonchev–Trinajstić information content (AvgIpc) is 3.83. The molecule has 2 saturated heterocycles. The number of esters is 2. The number of carbonyl (C=O) groups excluding carboxylic acids is 3. The molecular weight excluding hydrogens is 576 g/mol. The van der Waals surface area contributed by atoms with Crippen molar-refractivity contribution >= 4 is 23.7 Å². The highest BCUT2D eigenvalue weighted by Crippen LogP contribution is 2.30. The summed E-state index contributed by atoms with van der Waals surface area (Å²) < 4.78 is 13.0. The van der Waals surface area contributed by atoms with Crippen molar-refractivity contribution in [2.45, 2.75) is 60.2 Å². The number of aryl methyl sites for hydroxylation is 1. The van der Waals surface area contributed by atoms with Crippen molar-refractivity contribution in [3.63, 3.8) is 0 Å². The topological polar surface area (TPSA) is 138 Å². The zero-order valence-corrected chi connectivity index (χ0v) is 25.1. The maximum absolute atomic E-state index is 12.5. The molecule has 1 atom stereocenters. The minimum absolute atomic E-state index is 0. The maximum Gasteiger partial charge on any atom is 0.360 e. The zero-order valence-electron chi connectivity index (χ0n) is 25.1. The number of nitrogens with zero attached hydrogens (tertiary/aromatic N) is 8. The smallest absolute Gasteiger partial charge is 0.360 e. The average molecular weight is 617 g/mol. The largest absolute Gasteiger partial charge is 0.461 e. The quantitative estimate of drug-likeness (QED) is 0.251. The third-order valence-corrected chi connectivity index (χ3v) is 7.35. The second kappa shape index (κ2) is 15.1. The SMILES string of the molecule is C.CCOC(=O)c1cn(Cc2ccc(C)cc2)nn1.CCOC(=O)c1cn(Cc2ccc(N3CC4CCCN4C3=O)cc2)nn1. The highest BCUT2D eigenvalue weighted by atomic mass is 16.5. The summed E-state index contributed by atoms with van der Waals surface area (Å²) in [6.45, 7) is 8.91. The van der Waals surface area contributed by atoms with E-state index in [1.807, 2.05) is 65.3 Å². The predicted molar refractivity (Wildman–Crippen MR) is 167 cm³/mol. The Labute approximate surface area is 262 Å². The standard InChI is InChI=1S/C18H21N5O3.C13H15N3O2.CH4/c1-2-26-17(24)16-12-21(20-19-16)10-13-5-7-14(8-6-13)23-11-15-4-3-9-22(15)18(23)25;1-3-18-13(17)12-9-16(15-14-12)8-11-6-4-10(2)5-7-11;/h5-8,12,15H,2-4,9-11H2,1H3;4-7,9H,3,8H2,1-2H3;1H4. The van der Waals surface area contributed by atoms with Crippen LogP contribution in [0.2, 0.25) is 0 Å². The zero-order chi connectivity index (χ0) is 31.1. The Morgan fingerprint density at radius 2 is 1.33 bits per heavy atom. The number of urea groups is 1. The van der Waals surface area contributed by atoms with Crippen molar-refractivity contribution < 1.29 is 23.9 Å². The Hall–Kier alpha value is -5.07. The first-order chi connectivity index (χ1) is 21.3. The number of carbonyl (C=O) groups is 3. The van der Waals surface area contributed by atoms with Crippen molar-refractivity contribution in [3.05, 3.63) is 89.0 Å². The van der Waals surface area contributed by atoms with Crippen molar-refractivity contribution in [1.29, 1.82) is 0 Å². The lowest BCUT2D eigenvalue weighted by Gasteiger charge is -2.17. The van der Waals surface area contributed by atoms with E-state index in [-0.39, 0.29) is 24.8 Å². The van der Waals surface area contributed by atoms with Crippen LogP contribution in [0.5, 0.6) is 0 Å². The second-order valence-electron chi connectivity index (χ2n) is 10.6. The van der Waals surface area contributed by atoms with Gasteiger partial charge in [-0.2, -0.15) is 0 Å². The molecule has 45 heavy (non-hydrogen) atoms. The summed E-state index contributed by atoms with van der Waals surface area (Å²) in [6, 6.07) is 16.5. The van der Waals surface area contributed by atoms with E-state index in [2.05, 4.69) is 20.6 Å². The summed E-state index contributed by atoms with van der Waals surface area (Å²) >= 11 is 0. The van der Waals surface area contributed by atoms with Gasteiger partial charge in [-0.25, -0.2) is 23.7 Å². The number of hydrogen-bond acceptors (Lipinski definition) is 9. The van der Waals surface area contributed by atoms with Gasteiger partial charge < -0.3 is 14.4 Å². The van der Waals surface area contributed by atoms with Gasteiger partial charge in [-0.1, -0.05) is 59.8 Å². The van der Waals surface area contributed by atoms with Gasteiger partial charge in [0.25, 0.3) is 0 Å². The van der Waals surface area contributed by atoms with Crippen LogP contribution in [-0.4, -0.2) is 85.2 Å². The normalized spacial score (nSPS) is 15.2. The van der Waals surface area contributed by atoms with E-state index in [0.29, 0.717) is 32.3 Å². The monoisotopic (exact) mass is 616 g/mol. The molecule has 2 aromatic carbocycles. The molecule has 238 valence electrons. The molecule has 4 heterocycles. The summed E-state index contributed by atoms with van der Waals surface area (Å²) in [5.74, 6) is -0.908. The first-order valence-electron chi connectivity index (χ1n) is 14.7. The van der Waals surface area contributed by atoms with Crippen LogP contribution >= 0.6 is 0 Å². The van der Waals surface area contributed by atoms with E-state index >= 15 is 0 Å². The van der Waals surface area contributed by atoms with Crippen molar-refractivity contribution in [1.82, 2.24) is 34.9 Å². The molecule has 4 aromatic rings. The molecule has 0 bridgehead atoms. The number of fused-ring (bicyclic) bond motifs is 1.